The number of nitrogens with one attached hydrogen (secondary N) is 1. The molecule has 0 fully saturated rings. The molecule has 0 bridgehead atoms. The quantitative estimate of drug-likeness (QED) is 0.792. The molecule has 5 heteroatoms. The highest BCUT2D eigenvalue weighted by Gasteiger charge is 2.15. The Bertz CT molecular complexity index is 445. The summed E-state index contributed by atoms with van der Waals surface area (Å²) in [6.45, 7) is 3.53. The van der Waals surface area contributed by atoms with Crippen LogP contribution in [-0.4, -0.2) is 37.9 Å². The number of hydrogen-bond donors (Lipinski definition) is 2. The first-order chi connectivity index (χ1) is 9.51. The van der Waals surface area contributed by atoms with Crippen molar-refractivity contribution in [1.82, 2.24) is 5.32 Å². The van der Waals surface area contributed by atoms with Crippen LogP contribution in [0.4, 0.5) is 0 Å². The molecule has 0 saturated heterocycles. The summed E-state index contributed by atoms with van der Waals surface area (Å²) in [5.74, 6) is 1.12. The van der Waals surface area contributed by atoms with Crippen molar-refractivity contribution in [2.24, 2.45) is 5.92 Å². The van der Waals surface area contributed by atoms with Crippen LogP contribution in [0.1, 0.15) is 19.4 Å². The number of carbonyl (C=O) groups is 1. The fourth-order valence-corrected chi connectivity index (χ4v) is 1.82. The lowest BCUT2D eigenvalue weighted by molar-refractivity contribution is -0.125. The van der Waals surface area contributed by atoms with E-state index in [1.54, 1.807) is 14.2 Å². The Balaban J connectivity index is 2.77. The molecule has 1 aromatic carbocycles. The Morgan fingerprint density at radius 2 is 1.90 bits per heavy atom. The first kappa shape index (κ1) is 16.3. The second kappa shape index (κ2) is 7.75. The second-order valence-corrected chi connectivity index (χ2v) is 4.94. The molecule has 0 aliphatic carbocycles. The molecule has 0 aliphatic rings. The molecule has 1 amide bonds. The van der Waals surface area contributed by atoms with E-state index in [1.165, 1.54) is 0 Å². The first-order valence-electron chi connectivity index (χ1n) is 6.64. The molecule has 0 spiro atoms. The molecule has 20 heavy (non-hydrogen) atoms. The van der Waals surface area contributed by atoms with Gasteiger partial charge in [0.2, 0.25) is 5.91 Å². The number of methoxy groups -OCH3 is 2. The average molecular weight is 281 g/mol. The van der Waals surface area contributed by atoms with Crippen LogP contribution < -0.4 is 14.8 Å². The highest BCUT2D eigenvalue weighted by atomic mass is 16.5. The molecule has 5 nitrogen and oxygen atoms in total. The summed E-state index contributed by atoms with van der Waals surface area (Å²) in [4.78, 5) is 11.7. The lowest BCUT2D eigenvalue weighted by atomic mass is 10.0. The number of aliphatic hydroxyl groups is 1. The summed E-state index contributed by atoms with van der Waals surface area (Å²) in [5.41, 5.74) is 0.964. The van der Waals surface area contributed by atoms with Gasteiger partial charge >= 0.3 is 0 Å². The van der Waals surface area contributed by atoms with Crippen LogP contribution >= 0.6 is 0 Å². The first-order valence-corrected chi connectivity index (χ1v) is 6.64. The summed E-state index contributed by atoms with van der Waals surface area (Å²) in [7, 11) is 3.16. The van der Waals surface area contributed by atoms with E-state index in [2.05, 4.69) is 5.32 Å². The minimum Gasteiger partial charge on any atom is -0.493 e. The molecule has 1 aromatic rings. The third-order valence-corrected chi connectivity index (χ3v) is 3.02. The van der Waals surface area contributed by atoms with Gasteiger partial charge in [-0.25, -0.2) is 0 Å². The summed E-state index contributed by atoms with van der Waals surface area (Å²) in [5, 5.41) is 12.2. The van der Waals surface area contributed by atoms with Crippen LogP contribution in [0.2, 0.25) is 0 Å². The molecule has 0 heterocycles. The van der Waals surface area contributed by atoms with Gasteiger partial charge in [-0.15, -0.1) is 0 Å². The predicted octanol–water partition coefficient (Wildman–Crippen LogP) is 1.38. The van der Waals surface area contributed by atoms with Crippen LogP contribution in [0, 0.1) is 5.92 Å². The fraction of sp³-hybridized carbons (Fsp3) is 0.533. The van der Waals surface area contributed by atoms with E-state index in [0.29, 0.717) is 17.9 Å². The molecule has 0 saturated carbocycles. The van der Waals surface area contributed by atoms with Crippen LogP contribution in [0.15, 0.2) is 18.2 Å². The van der Waals surface area contributed by atoms with E-state index in [4.69, 9.17) is 9.47 Å². The van der Waals surface area contributed by atoms with E-state index < -0.39 is 0 Å². The normalized spacial score (nSPS) is 12.1. The average Bonchev–Trinajstić information content (AvgIpc) is 2.45. The van der Waals surface area contributed by atoms with Gasteiger partial charge in [0.25, 0.3) is 0 Å². The summed E-state index contributed by atoms with van der Waals surface area (Å²) in [6.07, 6.45) is 0.537. The Hall–Kier alpha value is -1.75. The predicted molar refractivity (Wildman–Crippen MR) is 77.1 cm³/mol. The third-order valence-electron chi connectivity index (χ3n) is 3.02. The summed E-state index contributed by atoms with van der Waals surface area (Å²) in [6, 6.07) is 5.25. The fourth-order valence-electron chi connectivity index (χ4n) is 1.82. The molecule has 1 rings (SSSR count). The van der Waals surface area contributed by atoms with Gasteiger partial charge in [0.1, 0.15) is 0 Å². The van der Waals surface area contributed by atoms with E-state index in [0.717, 1.165) is 5.56 Å². The van der Waals surface area contributed by atoms with Crippen LogP contribution in [0.25, 0.3) is 0 Å². The van der Waals surface area contributed by atoms with Crippen molar-refractivity contribution in [2.75, 3.05) is 20.8 Å². The molecule has 0 aromatic heterocycles. The lowest BCUT2D eigenvalue weighted by Gasteiger charge is -2.18. The zero-order chi connectivity index (χ0) is 15.1. The van der Waals surface area contributed by atoms with Gasteiger partial charge in [0, 0.05) is 5.92 Å². The van der Waals surface area contributed by atoms with E-state index in [-0.39, 0.29) is 24.5 Å². The van der Waals surface area contributed by atoms with Crippen molar-refractivity contribution in [3.63, 3.8) is 0 Å². The van der Waals surface area contributed by atoms with Crippen molar-refractivity contribution in [2.45, 2.75) is 26.3 Å². The Morgan fingerprint density at radius 1 is 1.25 bits per heavy atom. The molecule has 112 valence electrons. The van der Waals surface area contributed by atoms with Gasteiger partial charge in [-0.2, -0.15) is 0 Å². The number of ether oxygens (including phenoxy) is 2. The van der Waals surface area contributed by atoms with Gasteiger partial charge in [0.15, 0.2) is 11.5 Å². The zero-order valence-electron chi connectivity index (χ0n) is 12.5. The molecule has 0 unspecified atom stereocenters. The highest BCUT2D eigenvalue weighted by molar-refractivity contribution is 5.78. The SMILES string of the molecule is COc1ccc(C[C@H](CO)NC(=O)C(C)C)cc1OC. The Morgan fingerprint density at radius 3 is 2.40 bits per heavy atom. The molecule has 0 aliphatic heterocycles. The van der Waals surface area contributed by atoms with Crippen LogP contribution in [0.5, 0.6) is 11.5 Å². The maximum atomic E-state index is 11.7. The summed E-state index contributed by atoms with van der Waals surface area (Å²) >= 11 is 0. The van der Waals surface area contributed by atoms with E-state index in [1.807, 2.05) is 32.0 Å². The van der Waals surface area contributed by atoms with Crippen molar-refractivity contribution >= 4 is 5.91 Å². The van der Waals surface area contributed by atoms with Gasteiger partial charge in [0.05, 0.1) is 26.9 Å². The van der Waals surface area contributed by atoms with Crippen molar-refractivity contribution in [1.29, 1.82) is 0 Å². The number of aliphatic hydroxyl groups excluding tert-OH is 1. The summed E-state index contributed by atoms with van der Waals surface area (Å²) < 4.78 is 10.4. The third kappa shape index (κ3) is 4.42. The Kier molecular flexibility index (Phi) is 6.31. The molecule has 0 radical (unpaired) electrons. The van der Waals surface area contributed by atoms with Crippen molar-refractivity contribution in [3.05, 3.63) is 23.8 Å². The van der Waals surface area contributed by atoms with Gasteiger partial charge in [-0.1, -0.05) is 19.9 Å². The molecule has 1 atom stereocenters. The Labute approximate surface area is 119 Å². The van der Waals surface area contributed by atoms with Crippen molar-refractivity contribution < 1.29 is 19.4 Å². The van der Waals surface area contributed by atoms with Gasteiger partial charge in [-0.05, 0) is 24.1 Å². The number of hydrogen-bond acceptors (Lipinski definition) is 4. The maximum absolute atomic E-state index is 11.7. The number of rotatable bonds is 7. The van der Waals surface area contributed by atoms with Gasteiger partial charge in [-0.3, -0.25) is 4.79 Å². The van der Waals surface area contributed by atoms with Gasteiger partial charge < -0.3 is 19.9 Å². The lowest BCUT2D eigenvalue weighted by Crippen LogP contribution is -2.41. The second-order valence-electron chi connectivity index (χ2n) is 4.94. The minimum absolute atomic E-state index is 0.0653. The maximum Gasteiger partial charge on any atom is 0.222 e. The topological polar surface area (TPSA) is 67.8 Å². The van der Waals surface area contributed by atoms with E-state index >= 15 is 0 Å². The smallest absolute Gasteiger partial charge is 0.222 e. The number of amides is 1. The standard InChI is InChI=1S/C15H23NO4/c1-10(2)15(18)16-12(9-17)7-11-5-6-13(19-3)14(8-11)20-4/h5-6,8,10,12,17H,7,9H2,1-4H3,(H,16,18)/t12-/m1/s1. The van der Waals surface area contributed by atoms with Crippen LogP contribution in [-0.2, 0) is 11.2 Å². The molecule has 2 N–H and O–H groups in total. The highest BCUT2D eigenvalue weighted by Crippen LogP contribution is 2.27. The molecular weight excluding hydrogens is 258 g/mol. The largest absolute Gasteiger partial charge is 0.493 e. The zero-order valence-corrected chi connectivity index (χ0v) is 12.5. The van der Waals surface area contributed by atoms with Crippen LogP contribution in [0.3, 0.4) is 0 Å². The monoisotopic (exact) mass is 281 g/mol. The number of carbonyl (C=O) groups excluding carboxylic acids is 1. The van der Waals surface area contributed by atoms with Crippen molar-refractivity contribution in [3.8, 4) is 11.5 Å². The minimum atomic E-state index is -0.303. The molecular formula is C15H23NO4. The number of benzene rings is 1. The van der Waals surface area contributed by atoms with E-state index in [9.17, 15) is 9.90 Å².